The molecule has 2 aromatic heterocycles. The highest BCUT2D eigenvalue weighted by atomic mass is 35.5. The Bertz CT molecular complexity index is 535. The lowest BCUT2D eigenvalue weighted by Gasteiger charge is -2.07. The minimum Gasteiger partial charge on any atom is -0.261 e. The number of aromatic nitrogens is 3. The second-order valence-electron chi connectivity index (χ2n) is 4.79. The van der Waals surface area contributed by atoms with Crippen LogP contribution in [0.1, 0.15) is 25.2 Å². The zero-order valence-electron chi connectivity index (χ0n) is 10.8. The van der Waals surface area contributed by atoms with Gasteiger partial charge in [0.1, 0.15) is 5.15 Å². The summed E-state index contributed by atoms with van der Waals surface area (Å²) in [5.41, 5.74) is 2.84. The summed E-state index contributed by atoms with van der Waals surface area (Å²) in [7, 11) is 0. The molecule has 0 aliphatic heterocycles. The maximum atomic E-state index is 6.04. The first-order valence-electron chi connectivity index (χ1n) is 6.01. The first kappa shape index (κ1) is 13.0. The molecule has 0 atom stereocenters. The molecule has 4 heteroatoms. The number of hydrogen-bond donors (Lipinski definition) is 0. The fourth-order valence-electron chi connectivity index (χ4n) is 1.72. The van der Waals surface area contributed by atoms with Gasteiger partial charge < -0.3 is 0 Å². The van der Waals surface area contributed by atoms with Gasteiger partial charge in [-0.2, -0.15) is 0 Å². The lowest BCUT2D eigenvalue weighted by atomic mass is 10.1. The second-order valence-corrected chi connectivity index (χ2v) is 5.18. The van der Waals surface area contributed by atoms with Crippen LogP contribution in [0.3, 0.4) is 0 Å². The van der Waals surface area contributed by atoms with Crippen molar-refractivity contribution in [3.05, 3.63) is 40.9 Å². The molecule has 0 fully saturated rings. The summed E-state index contributed by atoms with van der Waals surface area (Å²) in [4.78, 5) is 13.0. The first-order chi connectivity index (χ1) is 8.54. The monoisotopic (exact) mass is 261 g/mol. The van der Waals surface area contributed by atoms with Crippen molar-refractivity contribution in [1.29, 1.82) is 0 Å². The van der Waals surface area contributed by atoms with Crippen molar-refractivity contribution >= 4 is 11.6 Å². The Morgan fingerprint density at radius 2 is 2.00 bits per heavy atom. The molecule has 2 rings (SSSR count). The minimum absolute atomic E-state index is 0.483. The summed E-state index contributed by atoms with van der Waals surface area (Å²) in [5.74, 6) is 1.19. The fraction of sp³-hybridized carbons (Fsp3) is 0.357. The molecule has 0 radical (unpaired) electrons. The van der Waals surface area contributed by atoms with Gasteiger partial charge in [0.15, 0.2) is 5.82 Å². The number of aryl methyl sites for hydroxylation is 1. The zero-order chi connectivity index (χ0) is 13.1. The summed E-state index contributed by atoms with van der Waals surface area (Å²) in [6.07, 6.45) is 2.68. The Hall–Kier alpha value is -1.48. The lowest BCUT2D eigenvalue weighted by molar-refractivity contribution is 0.634. The number of rotatable bonds is 3. The van der Waals surface area contributed by atoms with E-state index in [2.05, 4.69) is 28.8 Å². The van der Waals surface area contributed by atoms with Gasteiger partial charge in [-0.15, -0.1) is 0 Å². The van der Waals surface area contributed by atoms with Crippen LogP contribution in [0, 0.1) is 12.8 Å². The summed E-state index contributed by atoms with van der Waals surface area (Å²) in [5, 5.41) is 0.483. The average Bonchev–Trinajstić information content (AvgIpc) is 2.28. The van der Waals surface area contributed by atoms with Crippen LogP contribution in [0.4, 0.5) is 0 Å². The van der Waals surface area contributed by atoms with Crippen molar-refractivity contribution in [2.24, 2.45) is 5.92 Å². The van der Waals surface area contributed by atoms with Gasteiger partial charge in [0.05, 0.1) is 0 Å². The van der Waals surface area contributed by atoms with Crippen LogP contribution in [0.5, 0.6) is 0 Å². The second kappa shape index (κ2) is 5.44. The quantitative estimate of drug-likeness (QED) is 0.791. The highest BCUT2D eigenvalue weighted by Crippen LogP contribution is 2.19. The number of hydrogen-bond acceptors (Lipinski definition) is 3. The third-order valence-corrected chi connectivity index (χ3v) is 2.73. The van der Waals surface area contributed by atoms with Gasteiger partial charge in [0.2, 0.25) is 0 Å². The minimum atomic E-state index is 0.483. The van der Waals surface area contributed by atoms with Crippen LogP contribution >= 0.6 is 11.6 Å². The van der Waals surface area contributed by atoms with Crippen LogP contribution < -0.4 is 0 Å². The van der Waals surface area contributed by atoms with Crippen LogP contribution in [0.2, 0.25) is 5.15 Å². The van der Waals surface area contributed by atoms with E-state index in [9.17, 15) is 0 Å². The molecule has 0 amide bonds. The predicted octanol–water partition coefficient (Wildman–Crippen LogP) is 3.70. The molecule has 0 aromatic carbocycles. The van der Waals surface area contributed by atoms with Gasteiger partial charge in [-0.05, 0) is 37.5 Å². The van der Waals surface area contributed by atoms with Crippen molar-refractivity contribution in [1.82, 2.24) is 15.0 Å². The highest BCUT2D eigenvalue weighted by Gasteiger charge is 2.07. The Kier molecular flexibility index (Phi) is 3.92. The molecular weight excluding hydrogens is 246 g/mol. The normalized spacial score (nSPS) is 10.9. The largest absolute Gasteiger partial charge is 0.261 e. The van der Waals surface area contributed by atoms with Crippen molar-refractivity contribution in [3.63, 3.8) is 0 Å². The molecule has 2 aromatic rings. The Morgan fingerprint density at radius 3 is 2.61 bits per heavy atom. The molecule has 0 aliphatic rings. The fourth-order valence-corrected chi connectivity index (χ4v) is 1.92. The van der Waals surface area contributed by atoms with Gasteiger partial charge in [-0.1, -0.05) is 25.4 Å². The zero-order valence-corrected chi connectivity index (χ0v) is 11.6. The molecule has 2 heterocycles. The summed E-state index contributed by atoms with van der Waals surface area (Å²) < 4.78 is 0. The number of halogens is 1. The Labute approximate surface area is 112 Å². The molecule has 18 heavy (non-hydrogen) atoms. The van der Waals surface area contributed by atoms with E-state index >= 15 is 0 Å². The molecule has 0 aliphatic carbocycles. The van der Waals surface area contributed by atoms with Crippen molar-refractivity contribution in [2.45, 2.75) is 27.2 Å². The van der Waals surface area contributed by atoms with Crippen LogP contribution in [0.15, 0.2) is 24.4 Å². The summed E-state index contributed by atoms with van der Waals surface area (Å²) in [6.45, 7) is 6.26. The molecule has 0 spiro atoms. The van der Waals surface area contributed by atoms with Crippen molar-refractivity contribution in [3.8, 4) is 11.4 Å². The highest BCUT2D eigenvalue weighted by molar-refractivity contribution is 6.29. The van der Waals surface area contributed by atoms with E-state index in [4.69, 9.17) is 11.6 Å². The van der Waals surface area contributed by atoms with E-state index in [1.54, 1.807) is 6.20 Å². The van der Waals surface area contributed by atoms with E-state index in [1.165, 1.54) is 0 Å². The van der Waals surface area contributed by atoms with Crippen molar-refractivity contribution < 1.29 is 0 Å². The van der Waals surface area contributed by atoms with Gasteiger partial charge in [0.25, 0.3) is 0 Å². The van der Waals surface area contributed by atoms with E-state index in [0.29, 0.717) is 16.9 Å². The molecule has 0 saturated heterocycles. The SMILES string of the molecule is Cc1ccc(-c2nc(Cl)cc(CC(C)C)n2)cn1. The third-order valence-electron chi connectivity index (χ3n) is 2.53. The van der Waals surface area contributed by atoms with Crippen LogP contribution in [0.25, 0.3) is 11.4 Å². The topological polar surface area (TPSA) is 38.7 Å². The van der Waals surface area contributed by atoms with E-state index in [0.717, 1.165) is 23.4 Å². The van der Waals surface area contributed by atoms with Gasteiger partial charge in [-0.25, -0.2) is 9.97 Å². The predicted molar refractivity (Wildman–Crippen MR) is 73.6 cm³/mol. The average molecular weight is 262 g/mol. The molecule has 0 unspecified atom stereocenters. The molecular formula is C14H16ClN3. The van der Waals surface area contributed by atoms with Crippen LogP contribution in [-0.4, -0.2) is 15.0 Å². The molecule has 0 N–H and O–H groups in total. The van der Waals surface area contributed by atoms with E-state index < -0.39 is 0 Å². The van der Waals surface area contributed by atoms with Gasteiger partial charge >= 0.3 is 0 Å². The van der Waals surface area contributed by atoms with Gasteiger partial charge in [0, 0.05) is 23.1 Å². The maximum Gasteiger partial charge on any atom is 0.162 e. The summed E-state index contributed by atoms with van der Waals surface area (Å²) >= 11 is 6.04. The van der Waals surface area contributed by atoms with E-state index in [1.807, 2.05) is 25.1 Å². The standard InChI is InChI=1S/C14H16ClN3/c1-9(2)6-12-7-13(15)18-14(17-12)11-5-4-10(3)16-8-11/h4-5,7-9H,6H2,1-3H3. The van der Waals surface area contributed by atoms with E-state index in [-0.39, 0.29) is 0 Å². The Morgan fingerprint density at radius 1 is 1.22 bits per heavy atom. The molecule has 94 valence electrons. The first-order valence-corrected chi connectivity index (χ1v) is 6.39. The summed E-state index contributed by atoms with van der Waals surface area (Å²) in [6, 6.07) is 5.74. The molecule has 0 bridgehead atoms. The molecule has 0 saturated carbocycles. The molecule has 3 nitrogen and oxygen atoms in total. The Balaban J connectivity index is 2.38. The number of pyridine rings is 1. The van der Waals surface area contributed by atoms with Gasteiger partial charge in [-0.3, -0.25) is 4.98 Å². The number of nitrogens with zero attached hydrogens (tertiary/aromatic N) is 3. The van der Waals surface area contributed by atoms with Crippen molar-refractivity contribution in [2.75, 3.05) is 0 Å². The lowest BCUT2D eigenvalue weighted by Crippen LogP contribution is -2.01. The smallest absolute Gasteiger partial charge is 0.162 e. The maximum absolute atomic E-state index is 6.04. The van der Waals surface area contributed by atoms with Crippen LogP contribution in [-0.2, 0) is 6.42 Å². The third kappa shape index (κ3) is 3.26.